The van der Waals surface area contributed by atoms with E-state index in [0.29, 0.717) is 5.75 Å². The minimum Gasteiger partial charge on any atom is -0.493 e. The summed E-state index contributed by atoms with van der Waals surface area (Å²) in [6.07, 6.45) is 3.45. The van der Waals surface area contributed by atoms with Crippen LogP contribution in [0.25, 0.3) is 0 Å². The van der Waals surface area contributed by atoms with Crippen molar-refractivity contribution in [3.8, 4) is 5.75 Å². The van der Waals surface area contributed by atoms with E-state index in [0.717, 1.165) is 24.5 Å². The van der Waals surface area contributed by atoms with Crippen LogP contribution in [0.5, 0.6) is 5.75 Å². The topological polar surface area (TPSA) is 81.2 Å². The van der Waals surface area contributed by atoms with Crippen molar-refractivity contribution in [3.05, 3.63) is 42.0 Å². The SMILES string of the molecule is COc1cnn(CCN(C)C)c1C(NN)c1ccccn1. The maximum Gasteiger partial charge on any atom is 0.162 e. The molecule has 7 heteroatoms. The van der Waals surface area contributed by atoms with Gasteiger partial charge in [0, 0.05) is 12.7 Å². The highest BCUT2D eigenvalue weighted by molar-refractivity contribution is 5.33. The molecule has 1 unspecified atom stereocenters. The fourth-order valence-corrected chi connectivity index (χ4v) is 2.15. The molecule has 7 nitrogen and oxygen atoms in total. The van der Waals surface area contributed by atoms with Crippen molar-refractivity contribution in [2.24, 2.45) is 5.84 Å². The Balaban J connectivity index is 2.37. The average Bonchev–Trinajstić information content (AvgIpc) is 2.90. The summed E-state index contributed by atoms with van der Waals surface area (Å²) in [5.41, 5.74) is 4.51. The zero-order chi connectivity index (χ0) is 15.2. The molecule has 0 fully saturated rings. The number of nitrogens with one attached hydrogen (secondary N) is 1. The molecule has 2 heterocycles. The molecule has 3 N–H and O–H groups in total. The van der Waals surface area contributed by atoms with Crippen LogP contribution in [0.2, 0.25) is 0 Å². The predicted octanol–water partition coefficient (Wildman–Crippen LogP) is 0.401. The predicted molar refractivity (Wildman–Crippen MR) is 80.7 cm³/mol. The lowest BCUT2D eigenvalue weighted by Gasteiger charge is -2.19. The smallest absolute Gasteiger partial charge is 0.162 e. The van der Waals surface area contributed by atoms with Gasteiger partial charge in [0.2, 0.25) is 0 Å². The number of pyridine rings is 1. The molecular formula is C14H22N6O. The van der Waals surface area contributed by atoms with E-state index in [1.165, 1.54) is 0 Å². The van der Waals surface area contributed by atoms with Crippen LogP contribution in [0.3, 0.4) is 0 Å². The van der Waals surface area contributed by atoms with E-state index in [-0.39, 0.29) is 6.04 Å². The maximum atomic E-state index is 5.75. The van der Waals surface area contributed by atoms with Gasteiger partial charge in [-0.2, -0.15) is 5.10 Å². The Labute approximate surface area is 124 Å². The van der Waals surface area contributed by atoms with Crippen molar-refractivity contribution in [1.29, 1.82) is 0 Å². The molecule has 0 radical (unpaired) electrons. The van der Waals surface area contributed by atoms with Gasteiger partial charge in [0.05, 0.1) is 25.5 Å². The highest BCUT2D eigenvalue weighted by Crippen LogP contribution is 2.28. The maximum absolute atomic E-state index is 5.75. The van der Waals surface area contributed by atoms with Crippen molar-refractivity contribution in [1.82, 2.24) is 25.1 Å². The molecule has 2 aromatic rings. The second-order valence-corrected chi connectivity index (χ2v) is 4.98. The van der Waals surface area contributed by atoms with Crippen molar-refractivity contribution in [3.63, 3.8) is 0 Å². The van der Waals surface area contributed by atoms with Gasteiger partial charge >= 0.3 is 0 Å². The summed E-state index contributed by atoms with van der Waals surface area (Å²) in [5, 5.41) is 4.39. The van der Waals surface area contributed by atoms with Crippen LogP contribution in [0.15, 0.2) is 30.6 Å². The van der Waals surface area contributed by atoms with Gasteiger partial charge in [-0.15, -0.1) is 0 Å². The summed E-state index contributed by atoms with van der Waals surface area (Å²) in [4.78, 5) is 6.47. The van der Waals surface area contributed by atoms with Gasteiger partial charge < -0.3 is 9.64 Å². The van der Waals surface area contributed by atoms with E-state index in [9.17, 15) is 0 Å². The minimum atomic E-state index is -0.272. The first-order chi connectivity index (χ1) is 10.2. The van der Waals surface area contributed by atoms with Crippen LogP contribution in [0, 0.1) is 0 Å². The first kappa shape index (κ1) is 15.4. The number of nitrogens with two attached hydrogens (primary N) is 1. The Morgan fingerprint density at radius 1 is 1.43 bits per heavy atom. The molecule has 0 aliphatic rings. The van der Waals surface area contributed by atoms with Gasteiger partial charge in [-0.1, -0.05) is 6.07 Å². The summed E-state index contributed by atoms with van der Waals surface area (Å²) in [6.45, 7) is 1.62. The number of methoxy groups -OCH3 is 1. The third-order valence-corrected chi connectivity index (χ3v) is 3.25. The molecule has 0 saturated carbocycles. The second kappa shape index (κ2) is 7.16. The van der Waals surface area contributed by atoms with Crippen LogP contribution in [0.1, 0.15) is 17.4 Å². The van der Waals surface area contributed by atoms with Crippen LogP contribution in [0.4, 0.5) is 0 Å². The Morgan fingerprint density at radius 2 is 2.24 bits per heavy atom. The third-order valence-electron chi connectivity index (χ3n) is 3.25. The zero-order valence-corrected chi connectivity index (χ0v) is 12.7. The van der Waals surface area contributed by atoms with E-state index < -0.39 is 0 Å². The number of nitrogens with zero attached hydrogens (tertiary/aromatic N) is 4. The molecule has 0 saturated heterocycles. The van der Waals surface area contributed by atoms with Gasteiger partial charge in [-0.3, -0.25) is 15.5 Å². The summed E-state index contributed by atoms with van der Waals surface area (Å²) in [5.74, 6) is 6.44. The number of ether oxygens (including phenoxy) is 1. The van der Waals surface area contributed by atoms with E-state index in [1.54, 1.807) is 19.5 Å². The van der Waals surface area contributed by atoms with Crippen molar-refractivity contribution in [2.75, 3.05) is 27.7 Å². The number of hydrogen-bond donors (Lipinski definition) is 2. The van der Waals surface area contributed by atoms with Gasteiger partial charge in [-0.25, -0.2) is 5.43 Å². The first-order valence-electron chi connectivity index (χ1n) is 6.78. The Kier molecular flexibility index (Phi) is 5.26. The monoisotopic (exact) mass is 290 g/mol. The van der Waals surface area contributed by atoms with Gasteiger partial charge in [0.1, 0.15) is 11.7 Å². The van der Waals surface area contributed by atoms with Gasteiger partial charge in [0.15, 0.2) is 5.75 Å². The molecule has 1 atom stereocenters. The standard InChI is InChI=1S/C14H22N6O/c1-19(2)8-9-20-14(12(21-3)10-17-20)13(18-15)11-6-4-5-7-16-11/h4-7,10,13,18H,8-9,15H2,1-3H3. The molecule has 2 rings (SSSR count). The van der Waals surface area contributed by atoms with Crippen molar-refractivity contribution in [2.45, 2.75) is 12.6 Å². The molecule has 114 valence electrons. The first-order valence-corrected chi connectivity index (χ1v) is 6.78. The Morgan fingerprint density at radius 3 is 2.81 bits per heavy atom. The molecule has 0 aromatic carbocycles. The quantitative estimate of drug-likeness (QED) is 0.567. The zero-order valence-electron chi connectivity index (χ0n) is 12.7. The lowest BCUT2D eigenvalue weighted by molar-refractivity contribution is 0.359. The van der Waals surface area contributed by atoms with Crippen molar-refractivity contribution >= 4 is 0 Å². The highest BCUT2D eigenvalue weighted by Gasteiger charge is 2.23. The lowest BCUT2D eigenvalue weighted by atomic mass is 10.1. The molecule has 0 aliphatic heterocycles. The number of hydrazine groups is 1. The summed E-state index contributed by atoms with van der Waals surface area (Å²) < 4.78 is 7.32. The van der Waals surface area contributed by atoms with E-state index in [2.05, 4.69) is 20.4 Å². The highest BCUT2D eigenvalue weighted by atomic mass is 16.5. The number of aromatic nitrogens is 3. The fraction of sp³-hybridized carbons (Fsp3) is 0.429. The number of likely N-dealkylation sites (N-methyl/N-ethyl adjacent to an activating group) is 1. The Hall–Kier alpha value is -1.96. The molecule has 0 bridgehead atoms. The van der Waals surface area contributed by atoms with Crippen LogP contribution in [-0.2, 0) is 6.54 Å². The van der Waals surface area contributed by atoms with Crippen LogP contribution < -0.4 is 16.0 Å². The van der Waals surface area contributed by atoms with Crippen LogP contribution >= 0.6 is 0 Å². The molecular weight excluding hydrogens is 268 g/mol. The fourth-order valence-electron chi connectivity index (χ4n) is 2.15. The Bertz CT molecular complexity index is 554. The van der Waals surface area contributed by atoms with E-state index in [4.69, 9.17) is 10.6 Å². The molecule has 2 aromatic heterocycles. The molecule has 21 heavy (non-hydrogen) atoms. The summed E-state index contributed by atoms with van der Waals surface area (Å²) in [7, 11) is 5.68. The molecule has 0 amide bonds. The minimum absolute atomic E-state index is 0.272. The average molecular weight is 290 g/mol. The lowest BCUT2D eigenvalue weighted by Crippen LogP contribution is -2.32. The summed E-state index contributed by atoms with van der Waals surface area (Å²) in [6, 6.07) is 5.45. The number of hydrogen-bond acceptors (Lipinski definition) is 6. The number of rotatable bonds is 7. The largest absolute Gasteiger partial charge is 0.493 e. The summed E-state index contributed by atoms with van der Waals surface area (Å²) >= 11 is 0. The third kappa shape index (κ3) is 3.57. The van der Waals surface area contributed by atoms with E-state index in [1.807, 2.05) is 37.0 Å². The second-order valence-electron chi connectivity index (χ2n) is 4.98. The van der Waals surface area contributed by atoms with Gasteiger partial charge in [-0.05, 0) is 26.2 Å². The van der Waals surface area contributed by atoms with Crippen LogP contribution in [-0.4, -0.2) is 47.4 Å². The molecule has 0 aliphatic carbocycles. The molecule has 0 spiro atoms. The van der Waals surface area contributed by atoms with Crippen molar-refractivity contribution < 1.29 is 4.74 Å². The van der Waals surface area contributed by atoms with Gasteiger partial charge in [0.25, 0.3) is 0 Å². The normalized spacial score (nSPS) is 12.6. The van der Waals surface area contributed by atoms with E-state index >= 15 is 0 Å².